The van der Waals surface area contributed by atoms with Gasteiger partial charge in [0.05, 0.1) is 10.7 Å². The molecule has 0 spiro atoms. The zero-order valence-corrected chi connectivity index (χ0v) is 9.38. The highest BCUT2D eigenvalue weighted by Gasteiger charge is 2.30. The van der Waals surface area contributed by atoms with Gasteiger partial charge in [-0.1, -0.05) is 11.6 Å². The van der Waals surface area contributed by atoms with Gasteiger partial charge >= 0.3 is 0 Å². The van der Waals surface area contributed by atoms with Gasteiger partial charge in [-0.3, -0.25) is 4.79 Å². The highest BCUT2D eigenvalue weighted by molar-refractivity contribution is 6.33. The number of anilines is 1. The van der Waals surface area contributed by atoms with E-state index in [9.17, 15) is 9.18 Å². The van der Waals surface area contributed by atoms with E-state index in [2.05, 4.69) is 0 Å². The van der Waals surface area contributed by atoms with Gasteiger partial charge in [-0.25, -0.2) is 4.39 Å². The number of rotatable bonds is 2. The van der Waals surface area contributed by atoms with E-state index in [0.717, 1.165) is 0 Å². The zero-order chi connectivity index (χ0) is 11.7. The molecular formula is C11H12ClFN2O. The molecule has 2 rings (SSSR count). The van der Waals surface area contributed by atoms with Crippen LogP contribution in [0, 0.1) is 11.7 Å². The molecule has 1 amide bonds. The largest absolute Gasteiger partial charge is 0.330 e. The van der Waals surface area contributed by atoms with Gasteiger partial charge in [0.1, 0.15) is 5.82 Å². The molecule has 1 unspecified atom stereocenters. The van der Waals surface area contributed by atoms with Crippen molar-refractivity contribution < 1.29 is 9.18 Å². The summed E-state index contributed by atoms with van der Waals surface area (Å²) >= 11 is 5.94. The number of carbonyl (C=O) groups excluding carboxylic acids is 1. The first kappa shape index (κ1) is 11.4. The number of hydrogen-bond acceptors (Lipinski definition) is 2. The standard InChI is InChI=1S/C11H12ClFN2O/c12-9-2-1-8(13)4-10(9)15-6-7(5-14)3-11(15)16/h1-2,4,7H,3,5-6,14H2. The Morgan fingerprint density at radius 1 is 1.56 bits per heavy atom. The van der Waals surface area contributed by atoms with Crippen LogP contribution in [-0.4, -0.2) is 19.0 Å². The molecule has 0 bridgehead atoms. The highest BCUT2D eigenvalue weighted by atomic mass is 35.5. The maximum atomic E-state index is 13.1. The number of hydrogen-bond donors (Lipinski definition) is 1. The Hall–Kier alpha value is -1.13. The summed E-state index contributed by atoms with van der Waals surface area (Å²) in [7, 11) is 0. The van der Waals surface area contributed by atoms with Crippen LogP contribution in [0.15, 0.2) is 18.2 Å². The number of benzene rings is 1. The average molecular weight is 243 g/mol. The van der Waals surface area contributed by atoms with Gasteiger partial charge in [-0.05, 0) is 30.7 Å². The van der Waals surface area contributed by atoms with E-state index < -0.39 is 5.82 Å². The van der Waals surface area contributed by atoms with E-state index in [0.29, 0.717) is 30.2 Å². The van der Waals surface area contributed by atoms with Gasteiger partial charge in [0.15, 0.2) is 0 Å². The molecule has 1 aliphatic rings. The first-order valence-corrected chi connectivity index (χ1v) is 5.45. The third kappa shape index (κ3) is 2.03. The van der Waals surface area contributed by atoms with Crippen molar-refractivity contribution in [1.29, 1.82) is 0 Å². The molecule has 3 nitrogen and oxygen atoms in total. The summed E-state index contributed by atoms with van der Waals surface area (Å²) in [4.78, 5) is 13.2. The van der Waals surface area contributed by atoms with Crippen molar-refractivity contribution in [2.45, 2.75) is 6.42 Å². The normalized spacial score (nSPS) is 20.6. The summed E-state index contributed by atoms with van der Waals surface area (Å²) in [6, 6.07) is 4.00. The fraction of sp³-hybridized carbons (Fsp3) is 0.364. The van der Waals surface area contributed by atoms with Crippen LogP contribution in [0.5, 0.6) is 0 Å². The zero-order valence-electron chi connectivity index (χ0n) is 8.62. The Labute approximate surface area is 98.0 Å². The van der Waals surface area contributed by atoms with Crippen LogP contribution >= 0.6 is 11.6 Å². The van der Waals surface area contributed by atoms with Crippen molar-refractivity contribution in [3.63, 3.8) is 0 Å². The van der Waals surface area contributed by atoms with Crippen molar-refractivity contribution in [1.82, 2.24) is 0 Å². The van der Waals surface area contributed by atoms with Crippen LogP contribution < -0.4 is 10.6 Å². The summed E-state index contributed by atoms with van der Waals surface area (Å²) in [6.07, 6.45) is 0.406. The van der Waals surface area contributed by atoms with Gasteiger partial charge < -0.3 is 10.6 Å². The van der Waals surface area contributed by atoms with Crippen molar-refractivity contribution in [3.05, 3.63) is 29.0 Å². The van der Waals surface area contributed by atoms with Crippen LogP contribution in [0.3, 0.4) is 0 Å². The molecule has 1 aromatic rings. The van der Waals surface area contributed by atoms with E-state index in [4.69, 9.17) is 17.3 Å². The SMILES string of the molecule is NCC1CC(=O)N(c2cc(F)ccc2Cl)C1. The number of carbonyl (C=O) groups is 1. The van der Waals surface area contributed by atoms with E-state index in [1.807, 2.05) is 0 Å². The van der Waals surface area contributed by atoms with Crippen molar-refractivity contribution in [2.75, 3.05) is 18.0 Å². The van der Waals surface area contributed by atoms with Crippen molar-refractivity contribution in [2.24, 2.45) is 11.7 Å². The molecule has 86 valence electrons. The lowest BCUT2D eigenvalue weighted by Crippen LogP contribution is -2.26. The minimum atomic E-state index is -0.400. The number of amides is 1. The molecule has 1 heterocycles. The number of nitrogens with zero attached hydrogens (tertiary/aromatic N) is 1. The number of halogens is 2. The van der Waals surface area contributed by atoms with Crippen LogP contribution in [0.25, 0.3) is 0 Å². The molecule has 16 heavy (non-hydrogen) atoms. The van der Waals surface area contributed by atoms with E-state index in [-0.39, 0.29) is 11.8 Å². The minimum absolute atomic E-state index is 0.0528. The average Bonchev–Trinajstić information content (AvgIpc) is 2.63. The summed E-state index contributed by atoms with van der Waals surface area (Å²) in [5.74, 6) is -0.321. The Balaban J connectivity index is 2.30. The molecule has 1 saturated heterocycles. The Morgan fingerprint density at radius 2 is 2.31 bits per heavy atom. The van der Waals surface area contributed by atoms with Crippen LogP contribution in [0.4, 0.5) is 10.1 Å². The van der Waals surface area contributed by atoms with Gasteiger partial charge in [-0.15, -0.1) is 0 Å². The second-order valence-electron chi connectivity index (χ2n) is 3.91. The Morgan fingerprint density at radius 3 is 2.94 bits per heavy atom. The summed E-state index contributed by atoms with van der Waals surface area (Å²) in [5.41, 5.74) is 5.95. The number of nitrogens with two attached hydrogens (primary N) is 1. The fourth-order valence-corrected chi connectivity index (χ4v) is 2.08. The lowest BCUT2D eigenvalue weighted by atomic mass is 10.1. The van der Waals surface area contributed by atoms with Gasteiger partial charge in [0, 0.05) is 13.0 Å². The van der Waals surface area contributed by atoms with Gasteiger partial charge in [0.2, 0.25) is 5.91 Å². The monoisotopic (exact) mass is 242 g/mol. The smallest absolute Gasteiger partial charge is 0.227 e. The maximum absolute atomic E-state index is 13.1. The summed E-state index contributed by atoms with van der Waals surface area (Å²) in [5, 5.41) is 0.382. The topological polar surface area (TPSA) is 46.3 Å². The molecule has 0 aromatic heterocycles. The quantitative estimate of drug-likeness (QED) is 0.860. The third-order valence-corrected chi connectivity index (χ3v) is 3.06. The van der Waals surface area contributed by atoms with Crippen molar-refractivity contribution in [3.8, 4) is 0 Å². The van der Waals surface area contributed by atoms with Gasteiger partial charge in [-0.2, -0.15) is 0 Å². The molecule has 0 aliphatic carbocycles. The third-order valence-electron chi connectivity index (χ3n) is 2.74. The van der Waals surface area contributed by atoms with Crippen LogP contribution in [0.1, 0.15) is 6.42 Å². The lowest BCUT2D eigenvalue weighted by Gasteiger charge is -2.17. The Bertz CT molecular complexity index is 424. The Kier molecular flexibility index (Phi) is 3.12. The maximum Gasteiger partial charge on any atom is 0.227 e. The molecule has 1 aliphatic heterocycles. The molecule has 0 radical (unpaired) electrons. The van der Waals surface area contributed by atoms with E-state index in [1.54, 1.807) is 0 Å². The lowest BCUT2D eigenvalue weighted by molar-refractivity contribution is -0.117. The first-order chi connectivity index (χ1) is 7.61. The van der Waals surface area contributed by atoms with E-state index in [1.165, 1.54) is 23.1 Å². The predicted molar refractivity (Wildman–Crippen MR) is 60.9 cm³/mol. The predicted octanol–water partition coefficient (Wildman–Crippen LogP) is 1.79. The first-order valence-electron chi connectivity index (χ1n) is 5.07. The van der Waals surface area contributed by atoms with E-state index >= 15 is 0 Å². The molecule has 1 aromatic carbocycles. The highest BCUT2D eigenvalue weighted by Crippen LogP contribution is 2.31. The molecule has 2 N–H and O–H groups in total. The summed E-state index contributed by atoms with van der Waals surface area (Å²) < 4.78 is 13.1. The van der Waals surface area contributed by atoms with Crippen LogP contribution in [-0.2, 0) is 4.79 Å². The molecule has 1 atom stereocenters. The van der Waals surface area contributed by atoms with Crippen molar-refractivity contribution >= 4 is 23.2 Å². The molecule has 5 heteroatoms. The minimum Gasteiger partial charge on any atom is -0.330 e. The van der Waals surface area contributed by atoms with Crippen LogP contribution in [0.2, 0.25) is 5.02 Å². The summed E-state index contributed by atoms with van der Waals surface area (Å²) in [6.45, 7) is 0.966. The molecule has 1 fully saturated rings. The fourth-order valence-electron chi connectivity index (χ4n) is 1.86. The van der Waals surface area contributed by atoms with Gasteiger partial charge in [0.25, 0.3) is 0 Å². The second kappa shape index (κ2) is 4.39. The second-order valence-corrected chi connectivity index (χ2v) is 4.31. The molecular weight excluding hydrogens is 231 g/mol. The molecule has 0 saturated carbocycles.